The average Bonchev–Trinajstić information content (AvgIpc) is 2.63. The minimum atomic E-state index is -0.103. The van der Waals surface area contributed by atoms with Gasteiger partial charge in [-0.15, -0.1) is 0 Å². The zero-order chi connectivity index (χ0) is 11.4. The molecule has 0 aliphatic heterocycles. The lowest BCUT2D eigenvalue weighted by Crippen LogP contribution is -2.35. The molecule has 0 aromatic heterocycles. The number of carbonyl (C=O) groups is 1. The minimum Gasteiger partial charge on any atom is -0.344 e. The molecule has 1 aliphatic carbocycles. The van der Waals surface area contributed by atoms with E-state index in [1.807, 2.05) is 6.92 Å². The second-order valence-corrected chi connectivity index (χ2v) is 4.52. The first-order chi connectivity index (χ1) is 7.04. The van der Waals surface area contributed by atoms with Gasteiger partial charge in [0.1, 0.15) is 0 Å². The summed E-state index contributed by atoms with van der Waals surface area (Å²) >= 11 is 0. The van der Waals surface area contributed by atoms with E-state index in [1.54, 1.807) is 11.9 Å². The Morgan fingerprint density at radius 1 is 1.67 bits per heavy atom. The minimum absolute atomic E-state index is 0.0795. The van der Waals surface area contributed by atoms with E-state index in [-0.39, 0.29) is 23.8 Å². The standard InChI is InChI=1S/C11H19N3O/c1-8(6-12)7-14(2)11(15)9-3-4-10(13)5-9/h8-10H,3-5,7,13H2,1-2H3. The summed E-state index contributed by atoms with van der Waals surface area (Å²) in [6, 6.07) is 2.31. The molecule has 4 nitrogen and oxygen atoms in total. The Morgan fingerprint density at radius 3 is 2.80 bits per heavy atom. The lowest BCUT2D eigenvalue weighted by molar-refractivity contribution is -0.134. The highest BCUT2D eigenvalue weighted by atomic mass is 16.2. The van der Waals surface area contributed by atoms with Crippen molar-refractivity contribution in [2.45, 2.75) is 32.2 Å². The molecule has 0 radical (unpaired) electrons. The molecule has 1 amide bonds. The molecular formula is C11H19N3O. The number of hydrogen-bond acceptors (Lipinski definition) is 3. The van der Waals surface area contributed by atoms with Crippen molar-refractivity contribution in [3.8, 4) is 6.07 Å². The highest BCUT2D eigenvalue weighted by Gasteiger charge is 2.29. The Kier molecular flexibility index (Phi) is 4.10. The fraction of sp³-hybridized carbons (Fsp3) is 0.818. The molecule has 0 bridgehead atoms. The Bertz CT molecular complexity index is 271. The van der Waals surface area contributed by atoms with Gasteiger partial charge in [-0.2, -0.15) is 5.26 Å². The second-order valence-electron chi connectivity index (χ2n) is 4.52. The second kappa shape index (κ2) is 5.13. The summed E-state index contributed by atoms with van der Waals surface area (Å²) < 4.78 is 0. The van der Waals surface area contributed by atoms with Crippen molar-refractivity contribution in [1.29, 1.82) is 5.26 Å². The van der Waals surface area contributed by atoms with E-state index in [2.05, 4.69) is 6.07 Å². The predicted octanol–water partition coefficient (Wildman–Crippen LogP) is 0.732. The lowest BCUT2D eigenvalue weighted by Gasteiger charge is -2.21. The molecule has 0 saturated heterocycles. The number of amides is 1. The first-order valence-corrected chi connectivity index (χ1v) is 5.44. The molecule has 4 heteroatoms. The molecule has 1 aliphatic rings. The summed E-state index contributed by atoms with van der Waals surface area (Å²) in [5.74, 6) is 0.120. The summed E-state index contributed by atoms with van der Waals surface area (Å²) in [4.78, 5) is 13.6. The van der Waals surface area contributed by atoms with Crippen LogP contribution in [0.2, 0.25) is 0 Å². The van der Waals surface area contributed by atoms with Crippen LogP contribution in [0.5, 0.6) is 0 Å². The molecule has 1 saturated carbocycles. The maximum atomic E-state index is 11.9. The first-order valence-electron chi connectivity index (χ1n) is 5.44. The van der Waals surface area contributed by atoms with Gasteiger partial charge in [-0.25, -0.2) is 0 Å². The van der Waals surface area contributed by atoms with Crippen LogP contribution in [-0.4, -0.2) is 30.4 Å². The van der Waals surface area contributed by atoms with Crippen molar-refractivity contribution in [2.24, 2.45) is 17.6 Å². The Morgan fingerprint density at radius 2 is 2.33 bits per heavy atom. The molecule has 1 fully saturated rings. The quantitative estimate of drug-likeness (QED) is 0.745. The van der Waals surface area contributed by atoms with Gasteiger partial charge < -0.3 is 10.6 Å². The van der Waals surface area contributed by atoms with Crippen molar-refractivity contribution in [1.82, 2.24) is 4.90 Å². The van der Waals surface area contributed by atoms with E-state index in [0.717, 1.165) is 19.3 Å². The van der Waals surface area contributed by atoms with Gasteiger partial charge in [0.25, 0.3) is 0 Å². The van der Waals surface area contributed by atoms with Crippen LogP contribution in [0.3, 0.4) is 0 Å². The number of nitrogens with two attached hydrogens (primary N) is 1. The smallest absolute Gasteiger partial charge is 0.225 e. The van der Waals surface area contributed by atoms with Gasteiger partial charge in [-0.05, 0) is 26.2 Å². The van der Waals surface area contributed by atoms with Crippen LogP contribution in [0.25, 0.3) is 0 Å². The van der Waals surface area contributed by atoms with Crippen molar-refractivity contribution in [3.05, 3.63) is 0 Å². The fourth-order valence-electron chi connectivity index (χ4n) is 2.09. The molecule has 1 rings (SSSR count). The Labute approximate surface area is 91.0 Å². The van der Waals surface area contributed by atoms with Crippen LogP contribution in [0.1, 0.15) is 26.2 Å². The molecule has 0 aromatic rings. The van der Waals surface area contributed by atoms with Crippen LogP contribution < -0.4 is 5.73 Å². The first kappa shape index (κ1) is 12.0. The van der Waals surface area contributed by atoms with E-state index in [4.69, 9.17) is 11.0 Å². The zero-order valence-electron chi connectivity index (χ0n) is 9.44. The normalized spacial score (nSPS) is 27.1. The van der Waals surface area contributed by atoms with Gasteiger partial charge in [0.15, 0.2) is 0 Å². The third kappa shape index (κ3) is 3.21. The van der Waals surface area contributed by atoms with Gasteiger partial charge in [-0.1, -0.05) is 0 Å². The molecule has 0 spiro atoms. The maximum Gasteiger partial charge on any atom is 0.225 e. The molecule has 0 aromatic carbocycles. The monoisotopic (exact) mass is 209 g/mol. The van der Waals surface area contributed by atoms with E-state index in [1.165, 1.54) is 0 Å². The predicted molar refractivity (Wildman–Crippen MR) is 57.7 cm³/mol. The van der Waals surface area contributed by atoms with E-state index < -0.39 is 0 Å². The third-order valence-corrected chi connectivity index (χ3v) is 2.97. The van der Waals surface area contributed by atoms with Crippen LogP contribution in [-0.2, 0) is 4.79 Å². The maximum absolute atomic E-state index is 11.9. The molecular weight excluding hydrogens is 190 g/mol. The van der Waals surface area contributed by atoms with Gasteiger partial charge in [-0.3, -0.25) is 4.79 Å². The molecule has 0 heterocycles. The topological polar surface area (TPSA) is 70.1 Å². The van der Waals surface area contributed by atoms with Crippen molar-refractivity contribution in [2.75, 3.05) is 13.6 Å². The van der Waals surface area contributed by atoms with Crippen LogP contribution >= 0.6 is 0 Å². The Balaban J connectivity index is 2.43. The van der Waals surface area contributed by atoms with Crippen molar-refractivity contribution in [3.63, 3.8) is 0 Å². The summed E-state index contributed by atoms with van der Waals surface area (Å²) in [5, 5.41) is 8.66. The average molecular weight is 209 g/mol. The summed E-state index contributed by atoms with van der Waals surface area (Å²) in [7, 11) is 1.76. The lowest BCUT2D eigenvalue weighted by atomic mass is 10.1. The summed E-state index contributed by atoms with van der Waals surface area (Å²) in [6.45, 7) is 2.34. The van der Waals surface area contributed by atoms with Crippen molar-refractivity contribution >= 4 is 5.91 Å². The summed E-state index contributed by atoms with van der Waals surface area (Å²) in [5.41, 5.74) is 5.77. The van der Waals surface area contributed by atoms with Gasteiger partial charge in [0, 0.05) is 25.6 Å². The van der Waals surface area contributed by atoms with E-state index >= 15 is 0 Å². The number of carbonyl (C=O) groups excluding carboxylic acids is 1. The fourth-order valence-corrected chi connectivity index (χ4v) is 2.09. The molecule has 3 unspecified atom stereocenters. The van der Waals surface area contributed by atoms with Gasteiger partial charge in [0.2, 0.25) is 5.91 Å². The largest absolute Gasteiger partial charge is 0.344 e. The number of nitriles is 1. The van der Waals surface area contributed by atoms with E-state index in [0.29, 0.717) is 6.54 Å². The van der Waals surface area contributed by atoms with Crippen LogP contribution in [0.15, 0.2) is 0 Å². The van der Waals surface area contributed by atoms with Crippen LogP contribution in [0, 0.1) is 23.2 Å². The third-order valence-electron chi connectivity index (χ3n) is 2.97. The molecule has 15 heavy (non-hydrogen) atoms. The number of nitrogens with zero attached hydrogens (tertiary/aromatic N) is 2. The van der Waals surface area contributed by atoms with Crippen LogP contribution in [0.4, 0.5) is 0 Å². The zero-order valence-corrected chi connectivity index (χ0v) is 9.44. The highest BCUT2D eigenvalue weighted by Crippen LogP contribution is 2.25. The summed E-state index contributed by atoms with van der Waals surface area (Å²) in [6.07, 6.45) is 2.63. The highest BCUT2D eigenvalue weighted by molar-refractivity contribution is 5.79. The van der Waals surface area contributed by atoms with Gasteiger partial charge >= 0.3 is 0 Å². The van der Waals surface area contributed by atoms with Crippen molar-refractivity contribution < 1.29 is 4.79 Å². The number of hydrogen-bond donors (Lipinski definition) is 1. The number of rotatable bonds is 3. The van der Waals surface area contributed by atoms with E-state index in [9.17, 15) is 4.79 Å². The SMILES string of the molecule is CC(C#N)CN(C)C(=O)C1CCC(N)C1. The molecule has 3 atom stereocenters. The molecule has 84 valence electrons. The Hall–Kier alpha value is -1.08. The molecule has 2 N–H and O–H groups in total. The van der Waals surface area contributed by atoms with Gasteiger partial charge in [0.05, 0.1) is 12.0 Å².